The molecule has 5 heteroatoms. The number of nitrogens with zero attached hydrogens (tertiary/aromatic N) is 2. The number of carbonyl (C=O) groups excluding carboxylic acids is 1. The molecule has 1 aromatic carbocycles. The largest absolute Gasteiger partial charge is 0.359 e. The number of allylic oxidation sites excluding steroid dienone is 1. The summed E-state index contributed by atoms with van der Waals surface area (Å²) in [7, 11) is 0. The Balaban J connectivity index is 2.34. The standard InChI is InChI=1S/C12H8N4O/c13-4-8(5-14)6-15-10-3-1-2-9-7-16-12(17)11(9)10/h1-3,6,15H,7H2,(H,16,17). The van der Waals surface area contributed by atoms with Crippen LogP contribution < -0.4 is 10.6 Å². The average Bonchev–Trinajstić information content (AvgIpc) is 2.73. The third kappa shape index (κ3) is 1.95. The molecule has 82 valence electrons. The molecule has 1 aliphatic rings. The molecule has 0 unspecified atom stereocenters. The predicted molar refractivity (Wildman–Crippen MR) is 60.5 cm³/mol. The summed E-state index contributed by atoms with van der Waals surface area (Å²) in [5.41, 5.74) is 2.03. The lowest BCUT2D eigenvalue weighted by Crippen LogP contribution is -2.13. The van der Waals surface area contributed by atoms with Gasteiger partial charge in [-0.2, -0.15) is 10.5 Å². The summed E-state index contributed by atoms with van der Waals surface area (Å²) in [4.78, 5) is 11.6. The van der Waals surface area contributed by atoms with E-state index in [1.54, 1.807) is 18.2 Å². The van der Waals surface area contributed by atoms with E-state index in [1.165, 1.54) is 6.20 Å². The van der Waals surface area contributed by atoms with E-state index >= 15 is 0 Å². The lowest BCUT2D eigenvalue weighted by Gasteiger charge is -2.05. The van der Waals surface area contributed by atoms with E-state index in [-0.39, 0.29) is 11.5 Å². The van der Waals surface area contributed by atoms with Gasteiger partial charge >= 0.3 is 0 Å². The van der Waals surface area contributed by atoms with E-state index in [9.17, 15) is 4.79 Å². The highest BCUT2D eigenvalue weighted by atomic mass is 16.1. The number of hydrogen-bond acceptors (Lipinski definition) is 4. The Morgan fingerprint density at radius 3 is 2.88 bits per heavy atom. The number of hydrogen-bond donors (Lipinski definition) is 2. The fraction of sp³-hybridized carbons (Fsp3) is 0.0833. The second-order valence-electron chi connectivity index (χ2n) is 3.45. The summed E-state index contributed by atoms with van der Waals surface area (Å²) in [5.74, 6) is -0.146. The molecule has 2 N–H and O–H groups in total. The minimum Gasteiger partial charge on any atom is -0.359 e. The number of benzene rings is 1. The average molecular weight is 224 g/mol. The van der Waals surface area contributed by atoms with Crippen LogP contribution in [0.4, 0.5) is 5.69 Å². The highest BCUT2D eigenvalue weighted by molar-refractivity contribution is 6.03. The van der Waals surface area contributed by atoms with Crippen molar-refractivity contribution < 1.29 is 4.79 Å². The Bertz CT molecular complexity index is 574. The Morgan fingerprint density at radius 2 is 2.18 bits per heavy atom. The molecule has 1 aromatic rings. The Labute approximate surface area is 98.0 Å². The van der Waals surface area contributed by atoms with Crippen molar-refractivity contribution in [3.63, 3.8) is 0 Å². The van der Waals surface area contributed by atoms with Gasteiger partial charge in [-0.25, -0.2) is 0 Å². The molecule has 2 rings (SSSR count). The highest BCUT2D eigenvalue weighted by Crippen LogP contribution is 2.24. The first kappa shape index (κ1) is 10.7. The minimum absolute atomic E-state index is 0.0407. The monoisotopic (exact) mass is 224 g/mol. The fourth-order valence-corrected chi connectivity index (χ4v) is 1.64. The van der Waals surface area contributed by atoms with Crippen molar-refractivity contribution >= 4 is 11.6 Å². The summed E-state index contributed by atoms with van der Waals surface area (Å²) in [5, 5.41) is 22.7. The molecule has 5 nitrogen and oxygen atoms in total. The smallest absolute Gasteiger partial charge is 0.254 e. The topological polar surface area (TPSA) is 88.7 Å². The molecule has 0 spiro atoms. The maximum absolute atomic E-state index is 11.6. The van der Waals surface area contributed by atoms with Gasteiger partial charge in [0.15, 0.2) is 0 Å². The van der Waals surface area contributed by atoms with Crippen molar-refractivity contribution in [2.45, 2.75) is 6.54 Å². The maximum atomic E-state index is 11.6. The number of rotatable bonds is 2. The van der Waals surface area contributed by atoms with Gasteiger partial charge in [0, 0.05) is 12.7 Å². The molecule has 0 saturated heterocycles. The van der Waals surface area contributed by atoms with Crippen molar-refractivity contribution in [1.82, 2.24) is 5.32 Å². The van der Waals surface area contributed by atoms with Crippen LogP contribution in [-0.4, -0.2) is 5.91 Å². The summed E-state index contributed by atoms with van der Waals surface area (Å²) >= 11 is 0. The molecule has 0 fully saturated rings. The molecule has 0 aliphatic carbocycles. The molecule has 1 heterocycles. The van der Waals surface area contributed by atoms with Crippen molar-refractivity contribution in [2.24, 2.45) is 0 Å². The molecule has 0 saturated carbocycles. The number of carbonyl (C=O) groups is 1. The van der Waals surface area contributed by atoms with Gasteiger partial charge in [0.25, 0.3) is 5.91 Å². The number of anilines is 1. The lowest BCUT2D eigenvalue weighted by molar-refractivity contribution is 0.0966. The van der Waals surface area contributed by atoms with Gasteiger partial charge in [-0.1, -0.05) is 12.1 Å². The molecular weight excluding hydrogens is 216 g/mol. The van der Waals surface area contributed by atoms with Gasteiger partial charge in [-0.3, -0.25) is 4.79 Å². The van der Waals surface area contributed by atoms with E-state index in [0.29, 0.717) is 17.8 Å². The van der Waals surface area contributed by atoms with Crippen LogP contribution in [0.3, 0.4) is 0 Å². The van der Waals surface area contributed by atoms with Gasteiger partial charge in [0.05, 0.1) is 11.3 Å². The summed E-state index contributed by atoms with van der Waals surface area (Å²) in [6.07, 6.45) is 1.29. The number of fused-ring (bicyclic) bond motifs is 1. The fourth-order valence-electron chi connectivity index (χ4n) is 1.64. The molecule has 1 aliphatic heterocycles. The lowest BCUT2D eigenvalue weighted by atomic mass is 10.1. The summed E-state index contributed by atoms with van der Waals surface area (Å²) in [6.45, 7) is 0.511. The van der Waals surface area contributed by atoms with Crippen molar-refractivity contribution in [3.8, 4) is 12.1 Å². The van der Waals surface area contributed by atoms with Crippen LogP contribution in [0.2, 0.25) is 0 Å². The number of nitrogens with one attached hydrogen (secondary N) is 2. The Kier molecular flexibility index (Phi) is 2.76. The summed E-state index contributed by atoms with van der Waals surface area (Å²) < 4.78 is 0. The van der Waals surface area contributed by atoms with E-state index < -0.39 is 0 Å². The quantitative estimate of drug-likeness (QED) is 0.740. The zero-order chi connectivity index (χ0) is 12.3. The van der Waals surface area contributed by atoms with Crippen LogP contribution >= 0.6 is 0 Å². The van der Waals surface area contributed by atoms with Gasteiger partial charge in [0.2, 0.25) is 0 Å². The van der Waals surface area contributed by atoms with Crippen LogP contribution in [0, 0.1) is 22.7 Å². The third-order valence-corrected chi connectivity index (χ3v) is 2.43. The second kappa shape index (κ2) is 4.38. The zero-order valence-electron chi connectivity index (χ0n) is 8.82. The Morgan fingerprint density at radius 1 is 1.41 bits per heavy atom. The first-order valence-corrected chi connectivity index (χ1v) is 4.93. The SMILES string of the molecule is N#CC(C#N)=CNc1cccc2c1C(=O)NC2. The number of amides is 1. The van der Waals surface area contributed by atoms with E-state index in [1.807, 2.05) is 12.1 Å². The van der Waals surface area contributed by atoms with Crippen LogP contribution in [0.25, 0.3) is 0 Å². The molecule has 0 radical (unpaired) electrons. The van der Waals surface area contributed by atoms with Crippen molar-refractivity contribution in [3.05, 3.63) is 41.1 Å². The van der Waals surface area contributed by atoms with E-state index in [4.69, 9.17) is 10.5 Å². The van der Waals surface area contributed by atoms with Gasteiger partial charge in [-0.05, 0) is 11.6 Å². The van der Waals surface area contributed by atoms with Gasteiger partial charge < -0.3 is 10.6 Å². The first-order chi connectivity index (χ1) is 8.26. The third-order valence-electron chi connectivity index (χ3n) is 2.43. The molecule has 0 atom stereocenters. The molecule has 1 amide bonds. The van der Waals surface area contributed by atoms with Crippen LogP contribution in [0.15, 0.2) is 30.0 Å². The second-order valence-corrected chi connectivity index (χ2v) is 3.45. The van der Waals surface area contributed by atoms with E-state index in [2.05, 4.69) is 10.6 Å². The molecular formula is C12H8N4O. The van der Waals surface area contributed by atoms with Crippen LogP contribution in [0.5, 0.6) is 0 Å². The van der Waals surface area contributed by atoms with Crippen LogP contribution in [-0.2, 0) is 6.54 Å². The zero-order valence-corrected chi connectivity index (χ0v) is 8.82. The molecule has 17 heavy (non-hydrogen) atoms. The van der Waals surface area contributed by atoms with Gasteiger partial charge in [-0.15, -0.1) is 0 Å². The minimum atomic E-state index is -0.146. The number of nitriles is 2. The Hall–Kier alpha value is -2.79. The molecule has 0 bridgehead atoms. The van der Waals surface area contributed by atoms with Gasteiger partial charge in [0.1, 0.15) is 17.7 Å². The van der Waals surface area contributed by atoms with E-state index in [0.717, 1.165) is 5.56 Å². The van der Waals surface area contributed by atoms with Crippen molar-refractivity contribution in [2.75, 3.05) is 5.32 Å². The first-order valence-electron chi connectivity index (χ1n) is 4.93. The van der Waals surface area contributed by atoms with Crippen molar-refractivity contribution in [1.29, 1.82) is 10.5 Å². The molecule has 0 aromatic heterocycles. The normalized spacial score (nSPS) is 11.8. The maximum Gasteiger partial charge on any atom is 0.254 e. The van der Waals surface area contributed by atoms with Crippen LogP contribution in [0.1, 0.15) is 15.9 Å². The summed E-state index contributed by atoms with van der Waals surface area (Å²) in [6, 6.07) is 8.88. The highest BCUT2D eigenvalue weighted by Gasteiger charge is 2.21. The predicted octanol–water partition coefficient (Wildman–Crippen LogP) is 1.27.